The van der Waals surface area contributed by atoms with Crippen LogP contribution in [0.15, 0.2) is 30.3 Å². The molecule has 0 aromatic heterocycles. The monoisotopic (exact) mass is 394 g/mol. The standard InChI is InChI=1S/C18H22N2O6S/c1-12(21)26-10-17(16(23)25-8-13-6-4-3-5-7-13)9-20-15(22)14(19)18(20,24-2)27-11-17/h3-7,14H,8-11,19H2,1-2H3/t14?,17?,18-/m1/s1. The molecule has 1 aromatic rings. The van der Waals surface area contributed by atoms with Crippen molar-refractivity contribution in [2.24, 2.45) is 11.1 Å². The number of nitrogens with two attached hydrogens (primary N) is 1. The van der Waals surface area contributed by atoms with E-state index in [-0.39, 0.29) is 31.4 Å². The fourth-order valence-electron chi connectivity index (χ4n) is 3.21. The first-order chi connectivity index (χ1) is 12.8. The predicted molar refractivity (Wildman–Crippen MR) is 97.2 cm³/mol. The summed E-state index contributed by atoms with van der Waals surface area (Å²) in [6.45, 7) is 1.20. The van der Waals surface area contributed by atoms with Crippen LogP contribution in [0.3, 0.4) is 0 Å². The fourth-order valence-corrected chi connectivity index (χ4v) is 4.69. The van der Waals surface area contributed by atoms with Gasteiger partial charge in [0.2, 0.25) is 11.0 Å². The number of esters is 2. The number of ether oxygens (including phenoxy) is 3. The van der Waals surface area contributed by atoms with Gasteiger partial charge in [-0.3, -0.25) is 14.4 Å². The van der Waals surface area contributed by atoms with Gasteiger partial charge in [-0.15, -0.1) is 11.8 Å². The van der Waals surface area contributed by atoms with Crippen LogP contribution in [-0.4, -0.2) is 59.9 Å². The number of nitrogens with zero attached hydrogens (tertiary/aromatic N) is 1. The maximum Gasteiger partial charge on any atom is 0.318 e. The van der Waals surface area contributed by atoms with Gasteiger partial charge in [0.15, 0.2) is 0 Å². The molecule has 8 nitrogen and oxygen atoms in total. The first-order valence-corrected chi connectivity index (χ1v) is 9.44. The highest BCUT2D eigenvalue weighted by molar-refractivity contribution is 8.00. The second kappa shape index (κ2) is 7.49. The third-order valence-corrected chi connectivity index (χ3v) is 6.56. The SMILES string of the molecule is CO[C@]12SCC(COC(C)=O)(C(=O)OCc3ccccc3)CN1C(=O)C2N. The van der Waals surface area contributed by atoms with Crippen molar-refractivity contribution >= 4 is 29.6 Å². The molecule has 1 amide bonds. The molecule has 0 bridgehead atoms. The lowest BCUT2D eigenvalue weighted by Crippen LogP contribution is -2.81. The number of thioether (sulfide) groups is 1. The molecule has 2 fully saturated rings. The van der Waals surface area contributed by atoms with Crippen LogP contribution in [0.25, 0.3) is 0 Å². The summed E-state index contributed by atoms with van der Waals surface area (Å²) >= 11 is 1.25. The molecule has 2 aliphatic heterocycles. The predicted octanol–water partition coefficient (Wildman–Crippen LogP) is 0.496. The smallest absolute Gasteiger partial charge is 0.318 e. The summed E-state index contributed by atoms with van der Waals surface area (Å²) in [6.07, 6.45) is 0. The highest BCUT2D eigenvalue weighted by atomic mass is 32.2. The Labute approximate surface area is 161 Å². The second-order valence-corrected chi connectivity index (χ2v) is 7.81. The molecular weight excluding hydrogens is 372 g/mol. The molecule has 0 aliphatic carbocycles. The zero-order valence-electron chi connectivity index (χ0n) is 15.2. The first kappa shape index (κ1) is 19.7. The van der Waals surface area contributed by atoms with E-state index in [9.17, 15) is 14.4 Å². The van der Waals surface area contributed by atoms with Gasteiger partial charge in [0.25, 0.3) is 0 Å². The number of fused-ring (bicyclic) bond motifs is 1. The van der Waals surface area contributed by atoms with E-state index < -0.39 is 28.5 Å². The number of rotatable bonds is 6. The molecule has 1 aromatic carbocycles. The lowest BCUT2D eigenvalue weighted by atomic mass is 9.87. The van der Waals surface area contributed by atoms with E-state index in [1.54, 1.807) is 0 Å². The van der Waals surface area contributed by atoms with Crippen LogP contribution in [0, 0.1) is 5.41 Å². The minimum Gasteiger partial charge on any atom is -0.465 e. The summed E-state index contributed by atoms with van der Waals surface area (Å²) in [4.78, 5) is 37.9. The molecular formula is C18H22N2O6S. The summed E-state index contributed by atoms with van der Waals surface area (Å²) in [6, 6.07) is 8.46. The molecule has 2 aliphatic rings. The van der Waals surface area contributed by atoms with E-state index in [2.05, 4.69) is 0 Å². The van der Waals surface area contributed by atoms with Crippen molar-refractivity contribution in [3.63, 3.8) is 0 Å². The van der Waals surface area contributed by atoms with E-state index in [4.69, 9.17) is 19.9 Å². The molecule has 2 unspecified atom stereocenters. The number of benzene rings is 1. The minimum absolute atomic E-state index is 0.0152. The van der Waals surface area contributed by atoms with Gasteiger partial charge in [0, 0.05) is 26.3 Å². The molecule has 0 spiro atoms. The second-order valence-electron chi connectivity index (χ2n) is 6.65. The first-order valence-electron chi connectivity index (χ1n) is 8.45. The Morgan fingerprint density at radius 3 is 2.63 bits per heavy atom. The normalized spacial score (nSPS) is 29.5. The number of amides is 1. The van der Waals surface area contributed by atoms with E-state index in [1.165, 1.54) is 30.7 Å². The number of β-lactam (4-membered cyclic amide) rings is 1. The van der Waals surface area contributed by atoms with Crippen molar-refractivity contribution in [3.8, 4) is 0 Å². The number of hydrogen-bond acceptors (Lipinski definition) is 8. The van der Waals surface area contributed by atoms with Crippen LogP contribution < -0.4 is 5.73 Å². The molecule has 0 saturated carbocycles. The van der Waals surface area contributed by atoms with Crippen molar-refractivity contribution in [1.82, 2.24) is 4.90 Å². The topological polar surface area (TPSA) is 108 Å². The average molecular weight is 394 g/mol. The molecule has 2 heterocycles. The summed E-state index contributed by atoms with van der Waals surface area (Å²) < 4.78 is 16.1. The van der Waals surface area contributed by atoms with Gasteiger partial charge < -0.3 is 24.8 Å². The van der Waals surface area contributed by atoms with Crippen LogP contribution in [0.4, 0.5) is 0 Å². The lowest BCUT2D eigenvalue weighted by molar-refractivity contribution is -0.199. The van der Waals surface area contributed by atoms with Crippen molar-refractivity contribution < 1.29 is 28.6 Å². The summed E-state index contributed by atoms with van der Waals surface area (Å²) in [5.74, 6) is -1.10. The van der Waals surface area contributed by atoms with Gasteiger partial charge in [-0.1, -0.05) is 30.3 Å². The molecule has 27 heavy (non-hydrogen) atoms. The quantitative estimate of drug-likeness (QED) is 0.549. The Morgan fingerprint density at radius 1 is 1.30 bits per heavy atom. The zero-order chi connectivity index (χ0) is 19.7. The van der Waals surface area contributed by atoms with Gasteiger partial charge in [-0.2, -0.15) is 0 Å². The summed E-state index contributed by atoms with van der Waals surface area (Å²) in [5.41, 5.74) is 5.57. The number of carbonyl (C=O) groups is 3. The van der Waals surface area contributed by atoms with Crippen LogP contribution >= 0.6 is 11.8 Å². The maximum absolute atomic E-state index is 12.9. The minimum atomic E-state index is -1.18. The Hall–Kier alpha value is -2.10. The number of hydrogen-bond donors (Lipinski definition) is 1. The lowest BCUT2D eigenvalue weighted by Gasteiger charge is -2.59. The number of carbonyl (C=O) groups excluding carboxylic acids is 3. The van der Waals surface area contributed by atoms with E-state index in [0.29, 0.717) is 0 Å². The third-order valence-electron chi connectivity index (χ3n) is 4.81. The summed E-state index contributed by atoms with van der Waals surface area (Å²) in [7, 11) is 1.47. The van der Waals surface area contributed by atoms with Crippen molar-refractivity contribution in [2.45, 2.75) is 24.6 Å². The van der Waals surface area contributed by atoms with Gasteiger partial charge >= 0.3 is 11.9 Å². The Kier molecular flexibility index (Phi) is 5.45. The molecule has 3 atom stereocenters. The average Bonchev–Trinajstić information content (AvgIpc) is 2.70. The maximum atomic E-state index is 12.9. The van der Waals surface area contributed by atoms with E-state index in [0.717, 1.165) is 5.56 Å². The van der Waals surface area contributed by atoms with E-state index >= 15 is 0 Å². The summed E-state index contributed by atoms with van der Waals surface area (Å²) in [5, 5.41) is -0.990. The molecule has 146 valence electrons. The highest BCUT2D eigenvalue weighted by Crippen LogP contribution is 2.50. The van der Waals surface area contributed by atoms with Gasteiger partial charge in [0.1, 0.15) is 24.7 Å². The zero-order valence-corrected chi connectivity index (χ0v) is 16.0. The van der Waals surface area contributed by atoms with Gasteiger partial charge in [-0.05, 0) is 5.56 Å². The molecule has 2 saturated heterocycles. The van der Waals surface area contributed by atoms with Crippen molar-refractivity contribution in [3.05, 3.63) is 35.9 Å². The van der Waals surface area contributed by atoms with Crippen LogP contribution in [0.2, 0.25) is 0 Å². The van der Waals surface area contributed by atoms with Gasteiger partial charge in [-0.25, -0.2) is 0 Å². The Bertz CT molecular complexity index is 745. The van der Waals surface area contributed by atoms with Crippen LogP contribution in [0.1, 0.15) is 12.5 Å². The van der Waals surface area contributed by atoms with E-state index in [1.807, 2.05) is 30.3 Å². The largest absolute Gasteiger partial charge is 0.465 e. The molecule has 0 radical (unpaired) electrons. The van der Waals surface area contributed by atoms with Crippen molar-refractivity contribution in [2.75, 3.05) is 26.0 Å². The third kappa shape index (κ3) is 3.42. The molecule has 2 N–H and O–H groups in total. The van der Waals surface area contributed by atoms with Crippen LogP contribution in [0.5, 0.6) is 0 Å². The van der Waals surface area contributed by atoms with Crippen molar-refractivity contribution in [1.29, 1.82) is 0 Å². The molecule has 9 heteroatoms. The highest BCUT2D eigenvalue weighted by Gasteiger charge is 2.66. The van der Waals surface area contributed by atoms with Gasteiger partial charge in [0.05, 0.1) is 0 Å². The number of methoxy groups -OCH3 is 1. The Morgan fingerprint density at radius 2 is 2.00 bits per heavy atom. The van der Waals surface area contributed by atoms with Crippen LogP contribution in [-0.2, 0) is 35.2 Å². The Balaban J connectivity index is 1.77. The molecule has 3 rings (SSSR count). The fraction of sp³-hybridized carbons (Fsp3) is 0.500.